The quantitative estimate of drug-likeness (QED) is 0.713. The molecule has 2 aliphatic rings. The normalized spacial score (nSPS) is 17.7. The number of aryl methyl sites for hydroxylation is 1. The molecular weight excluding hydrogens is 399 g/mol. The molecule has 0 bridgehead atoms. The highest BCUT2D eigenvalue weighted by atomic mass is 19.1. The van der Waals surface area contributed by atoms with E-state index < -0.39 is 5.82 Å². The lowest BCUT2D eigenvalue weighted by Gasteiger charge is -2.36. The number of piperazine rings is 2. The van der Waals surface area contributed by atoms with Gasteiger partial charge in [0.1, 0.15) is 5.82 Å². The number of hydrogen-bond acceptors (Lipinski definition) is 7. The Balaban J connectivity index is 1.33. The monoisotopic (exact) mass is 428 g/mol. The lowest BCUT2D eigenvalue weighted by Crippen LogP contribution is -2.50. The average Bonchev–Trinajstić information content (AvgIpc) is 2.78. The molecule has 2 fully saturated rings. The molecule has 0 unspecified atom stereocenters. The summed E-state index contributed by atoms with van der Waals surface area (Å²) in [6, 6.07) is 8.14. The Labute approximate surface area is 182 Å². The summed E-state index contributed by atoms with van der Waals surface area (Å²) < 4.78 is 19.0. The van der Waals surface area contributed by atoms with Crippen molar-refractivity contribution in [3.63, 3.8) is 0 Å². The van der Waals surface area contributed by atoms with Gasteiger partial charge in [-0.1, -0.05) is 12.1 Å². The fourth-order valence-electron chi connectivity index (χ4n) is 3.82. The molecule has 1 aromatic heterocycles. The zero-order chi connectivity index (χ0) is 21.8. The third-order valence-electron chi connectivity index (χ3n) is 5.76. The largest absolute Gasteiger partial charge is 0.481 e. The maximum Gasteiger partial charge on any atom is 0.260 e. The number of carbonyl (C=O) groups is 1. The highest BCUT2D eigenvalue weighted by molar-refractivity contribution is 5.78. The molecule has 31 heavy (non-hydrogen) atoms. The number of likely N-dealkylation sites (N-methyl/N-ethyl adjacent to an activating group) is 1. The van der Waals surface area contributed by atoms with E-state index in [1.165, 1.54) is 12.1 Å². The number of nitrogens with zero attached hydrogens (tertiary/aromatic N) is 6. The lowest BCUT2D eigenvalue weighted by atomic mass is 10.3. The highest BCUT2D eigenvalue weighted by Crippen LogP contribution is 2.20. The van der Waals surface area contributed by atoms with Crippen LogP contribution in [0.4, 0.5) is 16.2 Å². The minimum atomic E-state index is -0.465. The molecule has 2 saturated heterocycles. The van der Waals surface area contributed by atoms with Crippen molar-refractivity contribution in [2.24, 2.45) is 0 Å². The molecule has 4 rings (SSSR count). The first kappa shape index (κ1) is 21.3. The van der Waals surface area contributed by atoms with Gasteiger partial charge in [0.15, 0.2) is 18.2 Å². The standard InChI is InChI=1S/C22H29FN6O2/c1-17-15-20(27-9-7-26(2)8-10-27)25-22(24-17)29-13-11-28(12-14-29)21(30)16-31-19-6-4-3-5-18(19)23/h3-6,15H,7-14,16H2,1-2H3. The molecule has 9 heteroatoms. The predicted octanol–water partition coefficient (Wildman–Crippen LogP) is 1.40. The van der Waals surface area contributed by atoms with Gasteiger partial charge < -0.3 is 24.3 Å². The molecule has 0 radical (unpaired) electrons. The lowest BCUT2D eigenvalue weighted by molar-refractivity contribution is -0.133. The first-order chi connectivity index (χ1) is 15.0. The molecule has 0 spiro atoms. The van der Waals surface area contributed by atoms with Gasteiger partial charge in [0.05, 0.1) is 0 Å². The molecule has 2 aromatic rings. The van der Waals surface area contributed by atoms with E-state index in [4.69, 9.17) is 9.72 Å². The van der Waals surface area contributed by atoms with E-state index in [1.54, 1.807) is 17.0 Å². The van der Waals surface area contributed by atoms with E-state index in [0.29, 0.717) is 32.1 Å². The van der Waals surface area contributed by atoms with Gasteiger partial charge >= 0.3 is 0 Å². The summed E-state index contributed by atoms with van der Waals surface area (Å²) in [5.41, 5.74) is 0.940. The van der Waals surface area contributed by atoms with Gasteiger partial charge in [-0.3, -0.25) is 4.79 Å². The first-order valence-corrected chi connectivity index (χ1v) is 10.7. The molecule has 0 atom stereocenters. The number of amides is 1. The van der Waals surface area contributed by atoms with Crippen LogP contribution in [-0.2, 0) is 4.79 Å². The van der Waals surface area contributed by atoms with Crippen LogP contribution in [0.3, 0.4) is 0 Å². The van der Waals surface area contributed by atoms with Crippen molar-refractivity contribution in [1.29, 1.82) is 0 Å². The molecule has 1 amide bonds. The Kier molecular flexibility index (Phi) is 6.50. The van der Waals surface area contributed by atoms with Gasteiger partial charge in [0.25, 0.3) is 5.91 Å². The van der Waals surface area contributed by atoms with Crippen molar-refractivity contribution in [1.82, 2.24) is 19.8 Å². The molecule has 0 aliphatic carbocycles. The molecule has 3 heterocycles. The highest BCUT2D eigenvalue weighted by Gasteiger charge is 2.24. The van der Waals surface area contributed by atoms with Crippen LogP contribution in [-0.4, -0.2) is 91.7 Å². The van der Waals surface area contributed by atoms with Gasteiger partial charge in [0, 0.05) is 64.1 Å². The Morgan fingerprint density at radius 3 is 2.39 bits per heavy atom. The third kappa shape index (κ3) is 5.22. The van der Waals surface area contributed by atoms with Crippen LogP contribution in [0.15, 0.2) is 30.3 Å². The molecule has 166 valence electrons. The zero-order valence-electron chi connectivity index (χ0n) is 18.1. The van der Waals surface area contributed by atoms with Gasteiger partial charge in [-0.15, -0.1) is 0 Å². The van der Waals surface area contributed by atoms with Crippen LogP contribution in [0.25, 0.3) is 0 Å². The van der Waals surface area contributed by atoms with Gasteiger partial charge in [-0.2, -0.15) is 4.98 Å². The summed E-state index contributed by atoms with van der Waals surface area (Å²) in [6.45, 7) is 8.19. The summed E-state index contributed by atoms with van der Waals surface area (Å²) in [5, 5.41) is 0. The summed E-state index contributed by atoms with van der Waals surface area (Å²) in [5.74, 6) is 1.16. The maximum absolute atomic E-state index is 13.7. The number of carbonyl (C=O) groups excluding carboxylic acids is 1. The number of para-hydroxylation sites is 1. The maximum atomic E-state index is 13.7. The number of aromatic nitrogens is 2. The Morgan fingerprint density at radius 1 is 1.00 bits per heavy atom. The fraction of sp³-hybridized carbons (Fsp3) is 0.500. The van der Waals surface area contributed by atoms with Crippen molar-refractivity contribution < 1.29 is 13.9 Å². The van der Waals surface area contributed by atoms with Crippen LogP contribution in [0.5, 0.6) is 5.75 Å². The summed E-state index contributed by atoms with van der Waals surface area (Å²) in [7, 11) is 2.14. The minimum Gasteiger partial charge on any atom is -0.481 e. The van der Waals surface area contributed by atoms with Gasteiger partial charge in [0.2, 0.25) is 5.95 Å². The van der Waals surface area contributed by atoms with E-state index >= 15 is 0 Å². The van der Waals surface area contributed by atoms with Crippen molar-refractivity contribution in [3.05, 3.63) is 41.8 Å². The van der Waals surface area contributed by atoms with Crippen LogP contribution < -0.4 is 14.5 Å². The Hall–Kier alpha value is -2.94. The van der Waals surface area contributed by atoms with E-state index in [-0.39, 0.29) is 18.3 Å². The molecule has 0 N–H and O–H groups in total. The second-order valence-electron chi connectivity index (χ2n) is 8.04. The van der Waals surface area contributed by atoms with Crippen LogP contribution in [0.1, 0.15) is 5.69 Å². The molecule has 2 aliphatic heterocycles. The van der Waals surface area contributed by atoms with E-state index in [0.717, 1.165) is 37.7 Å². The summed E-state index contributed by atoms with van der Waals surface area (Å²) in [6.07, 6.45) is 0. The van der Waals surface area contributed by atoms with E-state index in [1.807, 2.05) is 13.0 Å². The SMILES string of the molecule is Cc1cc(N2CCN(C)CC2)nc(N2CCN(C(=O)COc3ccccc3F)CC2)n1. The summed E-state index contributed by atoms with van der Waals surface area (Å²) >= 11 is 0. The predicted molar refractivity (Wildman–Crippen MR) is 117 cm³/mol. The molecule has 0 saturated carbocycles. The van der Waals surface area contributed by atoms with Crippen LogP contribution in [0, 0.1) is 12.7 Å². The number of benzene rings is 1. The fourth-order valence-corrected chi connectivity index (χ4v) is 3.82. The van der Waals surface area contributed by atoms with Gasteiger partial charge in [-0.05, 0) is 26.1 Å². The third-order valence-corrected chi connectivity index (χ3v) is 5.76. The smallest absolute Gasteiger partial charge is 0.260 e. The van der Waals surface area contributed by atoms with Crippen molar-refractivity contribution in [2.75, 3.05) is 75.8 Å². The van der Waals surface area contributed by atoms with Crippen molar-refractivity contribution in [2.45, 2.75) is 6.92 Å². The Bertz CT molecular complexity index is 911. The topological polar surface area (TPSA) is 65.0 Å². The average molecular weight is 429 g/mol. The first-order valence-electron chi connectivity index (χ1n) is 10.7. The molecule has 8 nitrogen and oxygen atoms in total. The van der Waals surface area contributed by atoms with Crippen molar-refractivity contribution in [3.8, 4) is 5.75 Å². The number of rotatable bonds is 5. The number of anilines is 2. The van der Waals surface area contributed by atoms with E-state index in [2.05, 4.69) is 26.7 Å². The van der Waals surface area contributed by atoms with E-state index in [9.17, 15) is 9.18 Å². The second-order valence-corrected chi connectivity index (χ2v) is 8.04. The molecule has 1 aromatic carbocycles. The van der Waals surface area contributed by atoms with Crippen molar-refractivity contribution >= 4 is 17.7 Å². The Morgan fingerprint density at radius 2 is 1.68 bits per heavy atom. The van der Waals surface area contributed by atoms with Crippen LogP contribution >= 0.6 is 0 Å². The minimum absolute atomic E-state index is 0.0964. The number of ether oxygens (including phenoxy) is 1. The number of hydrogen-bond donors (Lipinski definition) is 0. The van der Waals surface area contributed by atoms with Crippen LogP contribution in [0.2, 0.25) is 0 Å². The zero-order valence-corrected chi connectivity index (χ0v) is 18.1. The second kappa shape index (κ2) is 9.47. The molecular formula is C22H29FN6O2. The number of halogens is 1. The van der Waals surface area contributed by atoms with Gasteiger partial charge in [-0.25, -0.2) is 9.37 Å². The summed E-state index contributed by atoms with van der Waals surface area (Å²) in [4.78, 5) is 30.4.